The Hall–Kier alpha value is -6.33. The van der Waals surface area contributed by atoms with Gasteiger partial charge in [0.15, 0.2) is 0 Å². The van der Waals surface area contributed by atoms with Crippen LogP contribution in [0.15, 0.2) is 153 Å². The Morgan fingerprint density at radius 3 is 1.86 bits per heavy atom. The molecule has 11 heteroatoms. The van der Waals surface area contributed by atoms with Crippen molar-refractivity contribution in [3.63, 3.8) is 0 Å². The first kappa shape index (κ1) is 31.3. The molecule has 6 aromatic rings. The van der Waals surface area contributed by atoms with Crippen LogP contribution in [0.3, 0.4) is 0 Å². The number of nitrogens with zero attached hydrogens (tertiary/aromatic N) is 5. The van der Waals surface area contributed by atoms with Gasteiger partial charge in [-0.25, -0.2) is 4.99 Å². The summed E-state index contributed by atoms with van der Waals surface area (Å²) in [5, 5.41) is 8.47. The molecule has 0 radical (unpaired) electrons. The van der Waals surface area contributed by atoms with Crippen molar-refractivity contribution in [1.82, 2.24) is 10.2 Å². The number of anilines is 2. The van der Waals surface area contributed by atoms with E-state index in [1.54, 1.807) is 41.3 Å². The predicted molar refractivity (Wildman–Crippen MR) is 189 cm³/mol. The molecule has 0 atom stereocenters. The minimum absolute atomic E-state index is 0.0569. The van der Waals surface area contributed by atoms with E-state index in [1.165, 1.54) is 24.3 Å². The molecule has 7 rings (SSSR count). The second-order valence-corrected chi connectivity index (χ2v) is 12.8. The van der Waals surface area contributed by atoms with E-state index < -0.39 is 10.1 Å². The lowest BCUT2D eigenvalue weighted by Crippen LogP contribution is -2.32. The summed E-state index contributed by atoms with van der Waals surface area (Å²) in [6.45, 7) is 0. The van der Waals surface area contributed by atoms with Crippen LogP contribution in [0.4, 0.5) is 11.4 Å². The summed E-state index contributed by atoms with van der Waals surface area (Å²) < 4.78 is 36.5. The number of amidine groups is 1. The number of hydrogen-bond acceptors (Lipinski definition) is 9. The van der Waals surface area contributed by atoms with Crippen molar-refractivity contribution in [3.05, 3.63) is 150 Å². The molecule has 5 aromatic carbocycles. The van der Waals surface area contributed by atoms with Gasteiger partial charge in [0.25, 0.3) is 5.91 Å². The first-order chi connectivity index (χ1) is 23.7. The average molecular weight is 668 g/mol. The van der Waals surface area contributed by atoms with Gasteiger partial charge in [0.1, 0.15) is 22.2 Å². The van der Waals surface area contributed by atoms with E-state index in [0.717, 1.165) is 16.8 Å². The molecular formula is C38H29N5O5S. The van der Waals surface area contributed by atoms with Gasteiger partial charge < -0.3 is 13.5 Å². The van der Waals surface area contributed by atoms with Crippen LogP contribution >= 0.6 is 0 Å². The number of benzene rings is 5. The molecule has 10 nitrogen and oxygen atoms in total. The van der Waals surface area contributed by atoms with Crippen LogP contribution in [0.2, 0.25) is 0 Å². The first-order valence-electron chi connectivity index (χ1n) is 15.3. The van der Waals surface area contributed by atoms with Crippen LogP contribution in [-0.4, -0.2) is 44.5 Å². The fraction of sp³-hybridized carbons (Fsp3) is 0.0526. The van der Waals surface area contributed by atoms with Crippen LogP contribution in [0, 0.1) is 0 Å². The standard InChI is InChI=1S/C38H29N5O5S/c1-42(2)30-19-15-28(16-20-30)36-40-41-37(47-36)29-17-21-31(22-18-29)43-35(27-9-5-3-6-10-27)39-34(38(43)44)25-26-13-23-32(24-14-26)48-49(45,46)33-11-7-4-8-12-33/h3-25H,1-2H3/b34-25-. The van der Waals surface area contributed by atoms with Crippen LogP contribution < -0.4 is 14.0 Å². The highest BCUT2D eigenvalue weighted by atomic mass is 32.2. The molecule has 242 valence electrons. The second kappa shape index (κ2) is 13.1. The van der Waals surface area contributed by atoms with Crippen molar-refractivity contribution in [1.29, 1.82) is 0 Å². The summed E-state index contributed by atoms with van der Waals surface area (Å²) in [6.07, 6.45) is 1.65. The van der Waals surface area contributed by atoms with E-state index in [-0.39, 0.29) is 22.2 Å². The zero-order chi connectivity index (χ0) is 34.0. The van der Waals surface area contributed by atoms with Crippen molar-refractivity contribution in [3.8, 4) is 28.7 Å². The number of hydrogen-bond donors (Lipinski definition) is 0. The van der Waals surface area contributed by atoms with E-state index >= 15 is 0 Å². The number of amides is 1. The molecule has 0 fully saturated rings. The Morgan fingerprint density at radius 1 is 0.694 bits per heavy atom. The summed E-state index contributed by atoms with van der Waals surface area (Å²) in [7, 11) is -0.0283. The first-order valence-corrected chi connectivity index (χ1v) is 16.7. The quantitative estimate of drug-likeness (QED) is 0.119. The maximum Gasteiger partial charge on any atom is 0.339 e. The summed E-state index contributed by atoms with van der Waals surface area (Å²) in [6, 6.07) is 38.9. The van der Waals surface area contributed by atoms with Gasteiger partial charge in [-0.2, -0.15) is 8.42 Å². The Balaban J connectivity index is 1.13. The average Bonchev–Trinajstić information content (AvgIpc) is 3.75. The van der Waals surface area contributed by atoms with Crippen LogP contribution in [0.5, 0.6) is 5.75 Å². The minimum atomic E-state index is -3.98. The highest BCUT2D eigenvalue weighted by molar-refractivity contribution is 7.87. The van der Waals surface area contributed by atoms with E-state index in [1.807, 2.05) is 97.9 Å². The largest absolute Gasteiger partial charge is 0.416 e. The molecule has 0 aliphatic carbocycles. The van der Waals surface area contributed by atoms with Crippen molar-refractivity contribution in [2.45, 2.75) is 4.90 Å². The molecule has 1 aliphatic rings. The Morgan fingerprint density at radius 2 is 1.27 bits per heavy atom. The lowest BCUT2D eigenvalue weighted by atomic mass is 10.1. The van der Waals surface area contributed by atoms with Gasteiger partial charge in [-0.1, -0.05) is 60.7 Å². The topological polar surface area (TPSA) is 118 Å². The summed E-state index contributed by atoms with van der Waals surface area (Å²) in [5.74, 6) is 1.06. The SMILES string of the molecule is CN(C)c1ccc(-c2nnc(-c3ccc(N4C(=O)/C(=C/c5ccc(OS(=O)(=O)c6ccccc6)cc5)N=C4c4ccccc4)cc3)o2)cc1. The van der Waals surface area contributed by atoms with Crippen molar-refractivity contribution in [2.75, 3.05) is 23.9 Å². The number of carbonyl (C=O) groups is 1. The maximum absolute atomic E-state index is 13.9. The Labute approximate surface area is 283 Å². The monoisotopic (exact) mass is 667 g/mol. The lowest BCUT2D eigenvalue weighted by molar-refractivity contribution is -0.113. The second-order valence-electron chi connectivity index (χ2n) is 11.3. The van der Waals surface area contributed by atoms with Gasteiger partial charge in [-0.05, 0) is 84.4 Å². The summed E-state index contributed by atoms with van der Waals surface area (Å²) in [4.78, 5) is 22.2. The third kappa shape index (κ3) is 6.60. The normalized spacial score (nSPS) is 13.8. The summed E-state index contributed by atoms with van der Waals surface area (Å²) >= 11 is 0. The van der Waals surface area contributed by atoms with Gasteiger partial charge in [0.05, 0.1) is 5.69 Å². The molecule has 1 aliphatic heterocycles. The van der Waals surface area contributed by atoms with Crippen molar-refractivity contribution < 1.29 is 21.8 Å². The minimum Gasteiger partial charge on any atom is -0.416 e. The van der Waals surface area contributed by atoms with E-state index in [2.05, 4.69) is 10.2 Å². The smallest absolute Gasteiger partial charge is 0.339 e. The molecular weight excluding hydrogens is 639 g/mol. The zero-order valence-electron chi connectivity index (χ0n) is 26.5. The predicted octanol–water partition coefficient (Wildman–Crippen LogP) is 7.07. The summed E-state index contributed by atoms with van der Waals surface area (Å²) in [5.41, 5.74) is 4.80. The zero-order valence-corrected chi connectivity index (χ0v) is 27.3. The molecule has 0 saturated heterocycles. The molecule has 0 bridgehead atoms. The lowest BCUT2D eigenvalue weighted by Gasteiger charge is -2.18. The van der Waals surface area contributed by atoms with Crippen LogP contribution in [0.1, 0.15) is 11.1 Å². The van der Waals surface area contributed by atoms with Gasteiger partial charge in [-0.15, -0.1) is 10.2 Å². The Bertz CT molecular complexity index is 2280. The van der Waals surface area contributed by atoms with E-state index in [4.69, 9.17) is 13.6 Å². The van der Waals surface area contributed by atoms with E-state index in [9.17, 15) is 13.2 Å². The molecule has 49 heavy (non-hydrogen) atoms. The van der Waals surface area contributed by atoms with E-state index in [0.29, 0.717) is 34.4 Å². The van der Waals surface area contributed by atoms with Gasteiger partial charge >= 0.3 is 10.1 Å². The third-order valence-corrected chi connectivity index (χ3v) is 9.00. The molecule has 1 amide bonds. The third-order valence-electron chi connectivity index (χ3n) is 7.74. The molecule has 1 aromatic heterocycles. The highest BCUT2D eigenvalue weighted by Crippen LogP contribution is 2.31. The number of aromatic nitrogens is 2. The molecule has 0 N–H and O–H groups in total. The molecule has 0 saturated carbocycles. The molecule has 0 unspecified atom stereocenters. The van der Waals surface area contributed by atoms with Gasteiger partial charge in [-0.3, -0.25) is 9.69 Å². The molecule has 2 heterocycles. The van der Waals surface area contributed by atoms with Crippen LogP contribution in [0.25, 0.3) is 29.0 Å². The van der Waals surface area contributed by atoms with Gasteiger partial charge in [0.2, 0.25) is 11.8 Å². The van der Waals surface area contributed by atoms with Crippen molar-refractivity contribution in [2.24, 2.45) is 4.99 Å². The fourth-order valence-electron chi connectivity index (χ4n) is 5.19. The maximum atomic E-state index is 13.9. The number of rotatable bonds is 9. The van der Waals surface area contributed by atoms with Crippen LogP contribution in [-0.2, 0) is 14.9 Å². The Kier molecular flexibility index (Phi) is 8.33. The van der Waals surface area contributed by atoms with Crippen molar-refractivity contribution >= 4 is 39.3 Å². The number of carbonyl (C=O) groups excluding carboxylic acids is 1. The highest BCUT2D eigenvalue weighted by Gasteiger charge is 2.32. The molecule has 0 spiro atoms. The number of aliphatic imine (C=N–C) groups is 1. The fourth-order valence-corrected chi connectivity index (χ4v) is 6.14. The van der Waals surface area contributed by atoms with Gasteiger partial charge in [0, 0.05) is 36.5 Å².